The Morgan fingerprint density at radius 3 is 2.71 bits per heavy atom. The first-order valence-electron chi connectivity index (χ1n) is 4.99. The van der Waals surface area contributed by atoms with Gasteiger partial charge in [0.2, 0.25) is 0 Å². The van der Waals surface area contributed by atoms with Gasteiger partial charge in [0, 0.05) is 16.6 Å². The molecule has 0 aliphatic heterocycles. The van der Waals surface area contributed by atoms with Crippen LogP contribution in [0.5, 0.6) is 0 Å². The van der Waals surface area contributed by atoms with E-state index in [-0.39, 0.29) is 12.1 Å². The lowest BCUT2D eigenvalue weighted by atomic mass is 9.96. The van der Waals surface area contributed by atoms with E-state index >= 15 is 0 Å². The summed E-state index contributed by atoms with van der Waals surface area (Å²) in [5.74, 6) is -0.877. The summed E-state index contributed by atoms with van der Waals surface area (Å²) in [6.07, 6.45) is 0. The van der Waals surface area contributed by atoms with Crippen molar-refractivity contribution in [3.05, 3.63) is 34.1 Å². The van der Waals surface area contributed by atoms with E-state index in [1.165, 1.54) is 12.1 Å². The Labute approximate surface area is 108 Å². The van der Waals surface area contributed by atoms with Crippen molar-refractivity contribution >= 4 is 21.8 Å². The van der Waals surface area contributed by atoms with Crippen LogP contribution in [0.3, 0.4) is 0 Å². The highest BCUT2D eigenvalue weighted by atomic mass is 79.9. The number of amides is 1. The molecule has 0 heterocycles. The summed E-state index contributed by atoms with van der Waals surface area (Å²) < 4.78 is 13.6. The van der Waals surface area contributed by atoms with Crippen molar-refractivity contribution in [3.8, 4) is 6.07 Å². The Morgan fingerprint density at radius 2 is 2.18 bits per heavy atom. The number of carbonyl (C=O) groups is 1. The van der Waals surface area contributed by atoms with Gasteiger partial charge in [-0.1, -0.05) is 15.9 Å². The van der Waals surface area contributed by atoms with Crippen molar-refractivity contribution in [1.29, 1.82) is 5.26 Å². The van der Waals surface area contributed by atoms with Crippen LogP contribution in [0.2, 0.25) is 0 Å². The number of hydrogen-bond donors (Lipinski definition) is 1. The fraction of sp³-hybridized carbons (Fsp3) is 0.333. The molecule has 5 heteroatoms. The molecule has 0 fully saturated rings. The minimum atomic E-state index is -0.639. The number of carbonyl (C=O) groups excluding carboxylic acids is 1. The quantitative estimate of drug-likeness (QED) is 0.933. The molecule has 1 N–H and O–H groups in total. The molecule has 0 aliphatic rings. The SMILES string of the molecule is CC(C)(C#N)CNC(=O)c1cc(F)cc(Br)c1. The molecule has 0 unspecified atom stereocenters. The third-order valence-electron chi connectivity index (χ3n) is 2.12. The fourth-order valence-electron chi connectivity index (χ4n) is 1.13. The monoisotopic (exact) mass is 298 g/mol. The van der Waals surface area contributed by atoms with Crippen molar-refractivity contribution in [2.75, 3.05) is 6.54 Å². The van der Waals surface area contributed by atoms with E-state index in [1.807, 2.05) is 0 Å². The zero-order valence-electron chi connectivity index (χ0n) is 9.55. The molecule has 1 aromatic rings. The predicted molar refractivity (Wildman–Crippen MR) is 65.8 cm³/mol. The molecular weight excluding hydrogens is 287 g/mol. The average molecular weight is 299 g/mol. The lowest BCUT2D eigenvalue weighted by Crippen LogP contribution is -2.33. The van der Waals surface area contributed by atoms with Gasteiger partial charge in [-0.2, -0.15) is 5.26 Å². The molecule has 1 rings (SSSR count). The van der Waals surface area contributed by atoms with Gasteiger partial charge in [0.25, 0.3) is 5.91 Å². The summed E-state index contributed by atoms with van der Waals surface area (Å²) in [4.78, 5) is 11.7. The Bertz CT molecular complexity index is 460. The Hall–Kier alpha value is -1.41. The maximum absolute atomic E-state index is 13.1. The third-order valence-corrected chi connectivity index (χ3v) is 2.58. The molecule has 0 aliphatic carbocycles. The van der Waals surface area contributed by atoms with E-state index in [9.17, 15) is 9.18 Å². The van der Waals surface area contributed by atoms with E-state index < -0.39 is 17.1 Å². The Kier molecular flexibility index (Phi) is 4.24. The topological polar surface area (TPSA) is 52.9 Å². The van der Waals surface area contributed by atoms with Crippen LogP contribution in [-0.2, 0) is 0 Å². The predicted octanol–water partition coefficient (Wildman–Crippen LogP) is 2.87. The molecule has 3 nitrogen and oxygen atoms in total. The number of hydrogen-bond acceptors (Lipinski definition) is 2. The zero-order valence-corrected chi connectivity index (χ0v) is 11.1. The van der Waals surface area contributed by atoms with Gasteiger partial charge in [0.1, 0.15) is 5.82 Å². The van der Waals surface area contributed by atoms with Crippen LogP contribution in [0.15, 0.2) is 22.7 Å². The van der Waals surface area contributed by atoms with Crippen molar-refractivity contribution in [3.63, 3.8) is 0 Å². The van der Waals surface area contributed by atoms with Crippen molar-refractivity contribution < 1.29 is 9.18 Å². The highest BCUT2D eigenvalue weighted by molar-refractivity contribution is 9.10. The molecule has 1 amide bonds. The highest BCUT2D eigenvalue weighted by Crippen LogP contribution is 2.16. The Morgan fingerprint density at radius 1 is 1.53 bits per heavy atom. The van der Waals surface area contributed by atoms with Crippen LogP contribution in [0.1, 0.15) is 24.2 Å². The molecule has 0 spiro atoms. The van der Waals surface area contributed by atoms with Gasteiger partial charge in [0.15, 0.2) is 0 Å². The first-order valence-corrected chi connectivity index (χ1v) is 5.79. The lowest BCUT2D eigenvalue weighted by Gasteiger charge is -2.15. The summed E-state index contributed by atoms with van der Waals surface area (Å²) in [6.45, 7) is 3.65. The van der Waals surface area contributed by atoms with Crippen molar-refractivity contribution in [2.45, 2.75) is 13.8 Å². The smallest absolute Gasteiger partial charge is 0.251 e. The molecule has 17 heavy (non-hydrogen) atoms. The minimum Gasteiger partial charge on any atom is -0.350 e. The van der Waals surface area contributed by atoms with E-state index in [0.717, 1.165) is 6.07 Å². The molecule has 0 aromatic heterocycles. The summed E-state index contributed by atoms with van der Waals surface area (Å²) in [5.41, 5.74) is -0.411. The van der Waals surface area contributed by atoms with Gasteiger partial charge in [-0.3, -0.25) is 4.79 Å². The molecule has 0 saturated heterocycles. The summed E-state index contributed by atoms with van der Waals surface area (Å²) >= 11 is 3.11. The van der Waals surface area contributed by atoms with E-state index in [2.05, 4.69) is 27.3 Å². The van der Waals surface area contributed by atoms with Gasteiger partial charge in [-0.15, -0.1) is 0 Å². The molecule has 0 bridgehead atoms. The molecular formula is C12H12BrFN2O. The van der Waals surface area contributed by atoms with Crippen LogP contribution in [-0.4, -0.2) is 12.5 Å². The average Bonchev–Trinajstić information content (AvgIpc) is 2.24. The van der Waals surface area contributed by atoms with Crippen LogP contribution >= 0.6 is 15.9 Å². The normalized spacial score (nSPS) is 10.8. The van der Waals surface area contributed by atoms with Gasteiger partial charge in [-0.05, 0) is 32.0 Å². The second-order valence-corrected chi connectivity index (χ2v) is 5.25. The fourth-order valence-corrected chi connectivity index (χ4v) is 1.59. The number of halogens is 2. The van der Waals surface area contributed by atoms with Crippen LogP contribution in [0.4, 0.5) is 4.39 Å². The van der Waals surface area contributed by atoms with Gasteiger partial charge in [-0.25, -0.2) is 4.39 Å². The molecule has 1 aromatic carbocycles. The van der Waals surface area contributed by atoms with Crippen LogP contribution < -0.4 is 5.32 Å². The van der Waals surface area contributed by atoms with E-state index in [1.54, 1.807) is 13.8 Å². The third kappa shape index (κ3) is 4.16. The van der Waals surface area contributed by atoms with Gasteiger partial charge >= 0.3 is 0 Å². The summed E-state index contributed by atoms with van der Waals surface area (Å²) in [7, 11) is 0. The van der Waals surface area contributed by atoms with Gasteiger partial charge < -0.3 is 5.32 Å². The maximum Gasteiger partial charge on any atom is 0.251 e. The molecule has 0 saturated carbocycles. The first kappa shape index (κ1) is 13.7. The maximum atomic E-state index is 13.1. The second-order valence-electron chi connectivity index (χ2n) is 4.34. The van der Waals surface area contributed by atoms with E-state index in [4.69, 9.17) is 5.26 Å². The molecule has 0 atom stereocenters. The van der Waals surface area contributed by atoms with Gasteiger partial charge in [0.05, 0.1) is 11.5 Å². The first-order chi connectivity index (χ1) is 7.84. The number of nitriles is 1. The van der Waals surface area contributed by atoms with Crippen LogP contribution in [0.25, 0.3) is 0 Å². The summed E-state index contributed by atoms with van der Waals surface area (Å²) in [5, 5.41) is 11.4. The minimum absolute atomic E-state index is 0.219. The van der Waals surface area contributed by atoms with Crippen molar-refractivity contribution in [2.24, 2.45) is 5.41 Å². The zero-order chi connectivity index (χ0) is 13.1. The molecule has 90 valence electrons. The molecule has 0 radical (unpaired) electrons. The Balaban J connectivity index is 2.75. The highest BCUT2D eigenvalue weighted by Gasteiger charge is 2.18. The second kappa shape index (κ2) is 5.28. The van der Waals surface area contributed by atoms with E-state index in [0.29, 0.717) is 4.47 Å². The summed E-state index contributed by atoms with van der Waals surface area (Å²) in [6, 6.07) is 6.02. The standard InChI is InChI=1S/C12H12BrFN2O/c1-12(2,6-15)7-16-11(17)8-3-9(13)5-10(14)4-8/h3-5H,7H2,1-2H3,(H,16,17). The number of nitrogens with one attached hydrogen (secondary N) is 1. The number of nitrogens with zero attached hydrogens (tertiary/aromatic N) is 1. The number of benzene rings is 1. The largest absolute Gasteiger partial charge is 0.350 e. The van der Waals surface area contributed by atoms with Crippen molar-refractivity contribution in [1.82, 2.24) is 5.32 Å². The van der Waals surface area contributed by atoms with Crippen LogP contribution in [0, 0.1) is 22.6 Å². The number of rotatable bonds is 3. The lowest BCUT2D eigenvalue weighted by molar-refractivity contribution is 0.0943.